The fourth-order valence-electron chi connectivity index (χ4n) is 6.41. The van der Waals surface area contributed by atoms with Crippen molar-refractivity contribution in [3.05, 3.63) is 66.7 Å². The van der Waals surface area contributed by atoms with E-state index in [0.29, 0.717) is 34.5 Å². The van der Waals surface area contributed by atoms with Crippen LogP contribution in [0.1, 0.15) is 46.5 Å². The van der Waals surface area contributed by atoms with E-state index < -0.39 is 53.2 Å². The molecule has 252 valence electrons. The standard InChI is InChI=1S/C36H40N4O8/c1-35(2,3)48-34(45)38-26-13-9-8-12-22-19-36(22,33(43)44)39-31(41)29-17-24(20-40(29)32(26)42)47-30-18-27(21-10-6-5-7-11-21)37-28-16-23(46-4)14-15-25(28)30/h5-8,10-12,14-16,18,22,24,26,29H,9,13,17,19-20H2,1-4H3,(H,38,45)(H,39,41)(H,43,44)/b12-8-/t22-,24-,26+,29+,36-/m1/s1. The summed E-state index contributed by atoms with van der Waals surface area (Å²) in [5, 5.41) is 16.2. The van der Waals surface area contributed by atoms with E-state index >= 15 is 0 Å². The predicted octanol–water partition coefficient (Wildman–Crippen LogP) is 4.46. The number of hydrogen-bond donors (Lipinski definition) is 3. The Morgan fingerprint density at radius 1 is 1.10 bits per heavy atom. The summed E-state index contributed by atoms with van der Waals surface area (Å²) in [6, 6.07) is 14.9. The molecule has 2 aromatic carbocycles. The van der Waals surface area contributed by atoms with Crippen LogP contribution < -0.4 is 20.1 Å². The molecule has 3 amide bonds. The number of ether oxygens (including phenoxy) is 3. The van der Waals surface area contributed by atoms with Crippen LogP contribution in [0.25, 0.3) is 22.2 Å². The lowest BCUT2D eigenvalue weighted by molar-refractivity contribution is -0.145. The van der Waals surface area contributed by atoms with Crippen molar-refractivity contribution in [3.8, 4) is 22.8 Å². The number of alkyl carbamates (subject to hydrolysis) is 1. The molecule has 1 aliphatic carbocycles. The molecule has 12 heteroatoms. The van der Waals surface area contributed by atoms with Crippen LogP contribution in [0.4, 0.5) is 4.79 Å². The molecule has 6 rings (SSSR count). The molecule has 2 fully saturated rings. The third-order valence-electron chi connectivity index (χ3n) is 8.91. The van der Waals surface area contributed by atoms with Crippen LogP contribution in [0.15, 0.2) is 66.7 Å². The van der Waals surface area contributed by atoms with Crippen molar-refractivity contribution < 1.29 is 38.5 Å². The number of benzene rings is 2. The maximum absolute atomic E-state index is 14.2. The first kappa shape index (κ1) is 32.8. The van der Waals surface area contributed by atoms with Gasteiger partial charge in [-0.05, 0) is 52.2 Å². The Labute approximate surface area is 278 Å². The van der Waals surface area contributed by atoms with Crippen molar-refractivity contribution in [1.82, 2.24) is 20.5 Å². The molecule has 3 aliphatic rings. The SMILES string of the molecule is COc1ccc2c(O[C@@H]3C[C@H]4C(=O)N[C@]5(C(=O)O)C[C@H]5/C=C\CC[C@H](NC(=O)OC(C)(C)C)C(=O)N4C3)cc(-c3ccccc3)nc2c1. The summed E-state index contributed by atoms with van der Waals surface area (Å²) < 4.78 is 17.5. The number of amides is 3. The third kappa shape index (κ3) is 6.78. The Morgan fingerprint density at radius 3 is 2.58 bits per heavy atom. The lowest BCUT2D eigenvalue weighted by Crippen LogP contribution is -2.56. The fraction of sp³-hybridized carbons (Fsp3) is 0.417. The number of nitrogens with one attached hydrogen (secondary N) is 2. The van der Waals surface area contributed by atoms with E-state index in [1.165, 1.54) is 4.90 Å². The molecule has 0 bridgehead atoms. The van der Waals surface area contributed by atoms with E-state index in [1.807, 2.05) is 48.5 Å². The van der Waals surface area contributed by atoms with E-state index in [-0.39, 0.29) is 31.7 Å². The highest BCUT2D eigenvalue weighted by Crippen LogP contribution is 2.45. The van der Waals surface area contributed by atoms with Crippen molar-refractivity contribution in [1.29, 1.82) is 0 Å². The number of nitrogens with zero attached hydrogens (tertiary/aromatic N) is 2. The number of allylic oxidation sites excluding steroid dienone is 1. The highest BCUT2D eigenvalue weighted by molar-refractivity contribution is 5.96. The normalized spacial score (nSPS) is 26.2. The summed E-state index contributed by atoms with van der Waals surface area (Å²) in [5.74, 6) is -1.44. The molecular weight excluding hydrogens is 616 g/mol. The highest BCUT2D eigenvalue weighted by atomic mass is 16.6. The number of carbonyl (C=O) groups excluding carboxylic acids is 3. The van der Waals surface area contributed by atoms with Gasteiger partial charge in [-0.2, -0.15) is 0 Å². The lowest BCUT2D eigenvalue weighted by Gasteiger charge is -2.30. The zero-order chi connectivity index (χ0) is 34.2. The quantitative estimate of drug-likeness (QED) is 0.326. The van der Waals surface area contributed by atoms with Gasteiger partial charge in [0.2, 0.25) is 11.8 Å². The Morgan fingerprint density at radius 2 is 1.88 bits per heavy atom. The lowest BCUT2D eigenvalue weighted by atomic mass is 10.1. The van der Waals surface area contributed by atoms with Gasteiger partial charge in [0, 0.05) is 35.4 Å². The molecule has 1 aromatic heterocycles. The Kier molecular flexibility index (Phi) is 8.76. The van der Waals surface area contributed by atoms with Gasteiger partial charge in [0.1, 0.15) is 40.8 Å². The molecule has 48 heavy (non-hydrogen) atoms. The number of carboxylic acid groups (broad SMARTS) is 1. The first-order valence-corrected chi connectivity index (χ1v) is 16.1. The summed E-state index contributed by atoms with van der Waals surface area (Å²) in [4.78, 5) is 59.4. The molecule has 0 spiro atoms. The minimum Gasteiger partial charge on any atom is -0.497 e. The molecule has 3 N–H and O–H groups in total. The second-order valence-corrected chi connectivity index (χ2v) is 13.5. The summed E-state index contributed by atoms with van der Waals surface area (Å²) >= 11 is 0. The van der Waals surface area contributed by atoms with Crippen molar-refractivity contribution in [2.24, 2.45) is 5.92 Å². The van der Waals surface area contributed by atoms with E-state index in [0.717, 1.165) is 5.56 Å². The van der Waals surface area contributed by atoms with Crippen molar-refractivity contribution in [2.75, 3.05) is 13.7 Å². The second-order valence-electron chi connectivity index (χ2n) is 13.5. The van der Waals surface area contributed by atoms with Gasteiger partial charge in [-0.3, -0.25) is 9.59 Å². The maximum atomic E-state index is 14.2. The minimum atomic E-state index is -1.43. The molecule has 0 radical (unpaired) electrons. The molecule has 3 heterocycles. The number of aromatic nitrogens is 1. The second kappa shape index (κ2) is 12.8. The average Bonchev–Trinajstić information content (AvgIpc) is 3.58. The molecular formula is C36H40N4O8. The van der Waals surface area contributed by atoms with E-state index in [2.05, 4.69) is 10.6 Å². The summed E-state index contributed by atoms with van der Waals surface area (Å²) in [6.45, 7) is 5.22. The number of pyridine rings is 1. The van der Waals surface area contributed by atoms with Crippen molar-refractivity contribution in [2.45, 2.75) is 75.8 Å². The number of aliphatic carboxylic acids is 1. The van der Waals surface area contributed by atoms with Gasteiger partial charge >= 0.3 is 12.1 Å². The number of methoxy groups -OCH3 is 1. The van der Waals surface area contributed by atoms with Crippen LogP contribution >= 0.6 is 0 Å². The van der Waals surface area contributed by atoms with Gasteiger partial charge in [0.25, 0.3) is 0 Å². The van der Waals surface area contributed by atoms with Gasteiger partial charge in [0.05, 0.1) is 24.9 Å². The zero-order valence-electron chi connectivity index (χ0n) is 27.4. The Hall–Kier alpha value is -5.13. The topological polar surface area (TPSA) is 156 Å². The third-order valence-corrected chi connectivity index (χ3v) is 8.91. The van der Waals surface area contributed by atoms with Crippen LogP contribution in [0.3, 0.4) is 0 Å². The van der Waals surface area contributed by atoms with Gasteiger partial charge in [-0.15, -0.1) is 0 Å². The molecule has 3 aromatic rings. The molecule has 2 aliphatic heterocycles. The minimum absolute atomic E-state index is 0.0311. The van der Waals surface area contributed by atoms with Gasteiger partial charge in [0.15, 0.2) is 0 Å². The first-order valence-electron chi connectivity index (χ1n) is 16.1. The zero-order valence-corrected chi connectivity index (χ0v) is 27.4. The smallest absolute Gasteiger partial charge is 0.408 e. The predicted molar refractivity (Wildman–Crippen MR) is 176 cm³/mol. The van der Waals surface area contributed by atoms with Gasteiger partial charge in [-0.25, -0.2) is 14.6 Å². The van der Waals surface area contributed by atoms with Crippen LogP contribution in [0.2, 0.25) is 0 Å². The molecule has 1 saturated heterocycles. The van der Waals surface area contributed by atoms with Gasteiger partial charge in [-0.1, -0.05) is 42.5 Å². The molecule has 0 unspecified atom stereocenters. The molecule has 5 atom stereocenters. The number of carbonyl (C=O) groups is 4. The van der Waals surface area contributed by atoms with Crippen LogP contribution in [-0.4, -0.2) is 81.8 Å². The van der Waals surface area contributed by atoms with Crippen molar-refractivity contribution in [3.63, 3.8) is 0 Å². The first-order chi connectivity index (χ1) is 22.9. The summed E-state index contributed by atoms with van der Waals surface area (Å²) in [6.07, 6.45) is 3.16. The largest absolute Gasteiger partial charge is 0.497 e. The van der Waals surface area contributed by atoms with Crippen LogP contribution in [-0.2, 0) is 19.1 Å². The highest BCUT2D eigenvalue weighted by Gasteiger charge is 2.61. The van der Waals surface area contributed by atoms with E-state index in [1.54, 1.807) is 46.1 Å². The molecule has 12 nitrogen and oxygen atoms in total. The Balaban J connectivity index is 1.34. The average molecular weight is 657 g/mol. The number of carboxylic acids is 1. The van der Waals surface area contributed by atoms with Crippen LogP contribution in [0.5, 0.6) is 11.5 Å². The maximum Gasteiger partial charge on any atom is 0.408 e. The Bertz CT molecular complexity index is 1770. The van der Waals surface area contributed by atoms with E-state index in [4.69, 9.17) is 19.2 Å². The fourth-order valence-corrected chi connectivity index (χ4v) is 6.41. The number of fused-ring (bicyclic) bond motifs is 3. The monoisotopic (exact) mass is 656 g/mol. The van der Waals surface area contributed by atoms with E-state index in [9.17, 15) is 24.3 Å². The van der Waals surface area contributed by atoms with Crippen molar-refractivity contribution >= 4 is 34.8 Å². The number of rotatable bonds is 6. The van der Waals surface area contributed by atoms with Gasteiger partial charge < -0.3 is 34.9 Å². The summed E-state index contributed by atoms with van der Waals surface area (Å²) in [7, 11) is 1.58. The molecule has 1 saturated carbocycles. The van der Waals surface area contributed by atoms with Crippen LogP contribution in [0, 0.1) is 5.92 Å². The number of hydrogen-bond acceptors (Lipinski definition) is 8. The summed E-state index contributed by atoms with van der Waals surface area (Å²) in [5.41, 5.74) is -0.0285.